The number of benzene rings is 2. The van der Waals surface area contributed by atoms with Gasteiger partial charge in [-0.1, -0.05) is 24.3 Å². The molecule has 6 nitrogen and oxygen atoms in total. The third-order valence-electron chi connectivity index (χ3n) is 7.78. The highest BCUT2D eigenvalue weighted by molar-refractivity contribution is 6.08. The van der Waals surface area contributed by atoms with Crippen molar-refractivity contribution >= 4 is 17.6 Å². The van der Waals surface area contributed by atoms with Gasteiger partial charge in [0.2, 0.25) is 0 Å². The SMILES string of the molecule is COc1ccc2c(c1)CCc1c3c(c4c(c1-2)C(=O)NC4)C1C=C(C2CCC(=O)O2)C=CC1N3. The number of rotatable bonds is 2. The van der Waals surface area contributed by atoms with E-state index in [-0.39, 0.29) is 29.9 Å². The molecule has 1 fully saturated rings. The zero-order chi connectivity index (χ0) is 22.3. The molecule has 6 heteroatoms. The maximum absolute atomic E-state index is 13.1. The lowest BCUT2D eigenvalue weighted by molar-refractivity contribution is -0.140. The number of anilines is 1. The van der Waals surface area contributed by atoms with Crippen molar-refractivity contribution in [2.75, 3.05) is 12.4 Å². The number of cyclic esters (lactones) is 1. The molecule has 3 unspecified atom stereocenters. The summed E-state index contributed by atoms with van der Waals surface area (Å²) in [6.07, 6.45) is 9.39. The topological polar surface area (TPSA) is 76.7 Å². The second-order valence-corrected chi connectivity index (χ2v) is 9.44. The Morgan fingerprint density at radius 2 is 2.00 bits per heavy atom. The van der Waals surface area contributed by atoms with Gasteiger partial charge in [0.05, 0.1) is 18.7 Å². The average molecular weight is 440 g/mol. The molecule has 1 amide bonds. The van der Waals surface area contributed by atoms with Gasteiger partial charge in [0, 0.05) is 30.1 Å². The fourth-order valence-electron chi connectivity index (χ4n) is 6.30. The summed E-state index contributed by atoms with van der Waals surface area (Å²) in [6, 6.07) is 6.32. The molecule has 2 aliphatic carbocycles. The summed E-state index contributed by atoms with van der Waals surface area (Å²) < 4.78 is 11.0. The second-order valence-electron chi connectivity index (χ2n) is 9.44. The molecule has 2 aromatic carbocycles. The highest BCUT2D eigenvalue weighted by atomic mass is 16.5. The summed E-state index contributed by atoms with van der Waals surface area (Å²) in [5, 5.41) is 6.87. The van der Waals surface area contributed by atoms with Crippen LogP contribution in [0.4, 0.5) is 5.69 Å². The number of carbonyl (C=O) groups excluding carboxylic acids is 2. The van der Waals surface area contributed by atoms with Gasteiger partial charge in [-0.15, -0.1) is 0 Å². The molecule has 1 saturated heterocycles. The smallest absolute Gasteiger partial charge is 0.306 e. The first-order valence-electron chi connectivity index (χ1n) is 11.7. The van der Waals surface area contributed by atoms with E-state index >= 15 is 0 Å². The summed E-state index contributed by atoms with van der Waals surface area (Å²) in [7, 11) is 1.68. The fraction of sp³-hybridized carbons (Fsp3) is 0.333. The van der Waals surface area contributed by atoms with Gasteiger partial charge in [0.15, 0.2) is 0 Å². The molecule has 33 heavy (non-hydrogen) atoms. The van der Waals surface area contributed by atoms with Crippen LogP contribution < -0.4 is 15.4 Å². The molecule has 3 aliphatic heterocycles. The van der Waals surface area contributed by atoms with Crippen LogP contribution in [0, 0.1) is 0 Å². The molecular weight excluding hydrogens is 416 g/mol. The van der Waals surface area contributed by atoms with E-state index in [1.807, 2.05) is 6.07 Å². The first kappa shape index (κ1) is 19.0. The maximum Gasteiger partial charge on any atom is 0.306 e. The number of nitrogens with one attached hydrogen (secondary N) is 2. The summed E-state index contributed by atoms with van der Waals surface area (Å²) in [6.45, 7) is 0.547. The van der Waals surface area contributed by atoms with Crippen LogP contribution >= 0.6 is 0 Å². The van der Waals surface area contributed by atoms with Gasteiger partial charge in [0.25, 0.3) is 5.91 Å². The van der Waals surface area contributed by atoms with E-state index in [9.17, 15) is 9.59 Å². The molecule has 0 spiro atoms. The number of aryl methyl sites for hydroxylation is 1. The Morgan fingerprint density at radius 1 is 1.09 bits per heavy atom. The number of hydrogen-bond acceptors (Lipinski definition) is 5. The van der Waals surface area contributed by atoms with Gasteiger partial charge >= 0.3 is 5.97 Å². The lowest BCUT2D eigenvalue weighted by Crippen LogP contribution is -2.22. The van der Waals surface area contributed by atoms with Crippen LogP contribution in [0.3, 0.4) is 0 Å². The predicted octanol–water partition coefficient (Wildman–Crippen LogP) is 3.78. The molecule has 7 rings (SSSR count). The second kappa shape index (κ2) is 6.73. The van der Waals surface area contributed by atoms with E-state index in [0.29, 0.717) is 13.0 Å². The van der Waals surface area contributed by atoms with E-state index in [1.165, 1.54) is 22.4 Å². The highest BCUT2D eigenvalue weighted by Gasteiger charge is 2.42. The van der Waals surface area contributed by atoms with Crippen LogP contribution in [0.25, 0.3) is 11.1 Å². The summed E-state index contributed by atoms with van der Waals surface area (Å²) in [5.41, 5.74) is 10.1. The normalized spacial score (nSPS) is 25.7. The van der Waals surface area contributed by atoms with Gasteiger partial charge < -0.3 is 20.1 Å². The van der Waals surface area contributed by atoms with E-state index in [4.69, 9.17) is 9.47 Å². The zero-order valence-electron chi connectivity index (χ0n) is 18.4. The van der Waals surface area contributed by atoms with E-state index in [1.54, 1.807) is 7.11 Å². The highest BCUT2D eigenvalue weighted by Crippen LogP contribution is 2.52. The van der Waals surface area contributed by atoms with Crippen molar-refractivity contribution in [3.63, 3.8) is 0 Å². The Hall–Kier alpha value is -3.54. The molecule has 2 aromatic rings. The monoisotopic (exact) mass is 440 g/mol. The van der Waals surface area contributed by atoms with Gasteiger partial charge in [-0.25, -0.2) is 0 Å². The summed E-state index contributed by atoms with van der Waals surface area (Å²) in [4.78, 5) is 24.8. The van der Waals surface area contributed by atoms with Crippen LogP contribution in [0.1, 0.15) is 51.4 Å². The maximum atomic E-state index is 13.1. The van der Waals surface area contributed by atoms with Gasteiger partial charge in [0.1, 0.15) is 11.9 Å². The first-order valence-corrected chi connectivity index (χ1v) is 11.7. The number of carbonyl (C=O) groups is 2. The molecular formula is C27H24N2O4. The number of hydrogen-bond donors (Lipinski definition) is 2. The Kier molecular flexibility index (Phi) is 3.87. The van der Waals surface area contributed by atoms with Gasteiger partial charge in [-0.2, -0.15) is 0 Å². The summed E-state index contributed by atoms with van der Waals surface area (Å²) in [5.74, 6) is 0.861. The number of fused-ring (bicyclic) bond motifs is 10. The Bertz CT molecular complexity index is 1320. The third kappa shape index (κ3) is 2.60. The van der Waals surface area contributed by atoms with Gasteiger partial charge in [-0.05, 0) is 64.8 Å². The van der Waals surface area contributed by atoms with E-state index in [2.05, 4.69) is 41.0 Å². The molecule has 0 aromatic heterocycles. The minimum atomic E-state index is -0.161. The van der Waals surface area contributed by atoms with Crippen molar-refractivity contribution in [1.82, 2.24) is 5.32 Å². The van der Waals surface area contributed by atoms with Crippen molar-refractivity contribution < 1.29 is 19.1 Å². The van der Waals surface area contributed by atoms with Gasteiger partial charge in [-0.3, -0.25) is 9.59 Å². The van der Waals surface area contributed by atoms with Crippen LogP contribution in [0.15, 0.2) is 42.0 Å². The predicted molar refractivity (Wildman–Crippen MR) is 123 cm³/mol. The minimum Gasteiger partial charge on any atom is -0.497 e. The molecule has 0 radical (unpaired) electrons. The van der Waals surface area contributed by atoms with Crippen LogP contribution in [-0.4, -0.2) is 31.1 Å². The third-order valence-corrected chi connectivity index (χ3v) is 7.78. The van der Waals surface area contributed by atoms with Crippen molar-refractivity contribution in [3.8, 4) is 16.9 Å². The molecule has 0 bridgehead atoms. The minimum absolute atomic E-state index is 0.0106. The van der Waals surface area contributed by atoms with E-state index < -0.39 is 0 Å². The quantitative estimate of drug-likeness (QED) is 0.695. The Balaban J connectivity index is 1.41. The zero-order valence-corrected chi connectivity index (χ0v) is 18.4. The first-order chi connectivity index (χ1) is 16.1. The fourth-order valence-corrected chi connectivity index (χ4v) is 6.30. The van der Waals surface area contributed by atoms with E-state index in [0.717, 1.165) is 52.8 Å². The number of ether oxygens (including phenoxy) is 2. The van der Waals surface area contributed by atoms with Crippen LogP contribution in [0.5, 0.6) is 5.75 Å². The molecule has 166 valence electrons. The largest absolute Gasteiger partial charge is 0.497 e. The van der Waals surface area contributed by atoms with Crippen molar-refractivity contribution in [2.24, 2.45) is 0 Å². The Labute approximate surface area is 191 Å². The number of esters is 1. The molecule has 0 saturated carbocycles. The average Bonchev–Trinajstić information content (AvgIpc) is 3.54. The van der Waals surface area contributed by atoms with Crippen LogP contribution in [-0.2, 0) is 28.9 Å². The van der Waals surface area contributed by atoms with Crippen LogP contribution in [0.2, 0.25) is 0 Å². The van der Waals surface area contributed by atoms with Crippen molar-refractivity contribution in [2.45, 2.75) is 50.3 Å². The van der Waals surface area contributed by atoms with Crippen molar-refractivity contribution in [3.05, 3.63) is 69.8 Å². The van der Waals surface area contributed by atoms with Crippen molar-refractivity contribution in [1.29, 1.82) is 0 Å². The molecule has 5 aliphatic rings. The molecule has 3 atom stereocenters. The number of methoxy groups -OCH3 is 1. The summed E-state index contributed by atoms with van der Waals surface area (Å²) >= 11 is 0. The number of amides is 1. The molecule has 3 heterocycles. The Morgan fingerprint density at radius 3 is 2.82 bits per heavy atom. The standard InChI is InChI=1S/C27H24N2O4/c1-32-15-4-6-16-13(10-15)2-5-17-23(16)25-19(12-28-27(25)31)24-18-11-14(21-8-9-22(30)33-21)3-7-20(18)29-26(17)24/h3-4,6-7,10-11,18,20-21,29H,2,5,8-9,12H2,1H3,(H,28,31). The lowest BCUT2D eigenvalue weighted by atomic mass is 9.77. The molecule has 2 N–H and O–H groups in total. The lowest BCUT2D eigenvalue weighted by Gasteiger charge is -2.26.